The van der Waals surface area contributed by atoms with Gasteiger partial charge in [-0.1, -0.05) is 11.7 Å². The van der Waals surface area contributed by atoms with Gasteiger partial charge in [-0.15, -0.1) is 0 Å². The van der Waals surface area contributed by atoms with E-state index in [2.05, 4.69) is 11.7 Å². The van der Waals surface area contributed by atoms with Gasteiger partial charge in [-0.2, -0.15) is 0 Å². The minimum atomic E-state index is -0.282. The summed E-state index contributed by atoms with van der Waals surface area (Å²) in [5.74, 6) is 0. The van der Waals surface area contributed by atoms with Crippen LogP contribution in [0.3, 0.4) is 0 Å². The lowest BCUT2D eigenvalue weighted by atomic mass is 10.7. The molecule has 0 aliphatic carbocycles. The molecular formula is C4H4OS5. The van der Waals surface area contributed by atoms with Crippen molar-refractivity contribution in [2.75, 3.05) is 0 Å². The van der Waals surface area contributed by atoms with Gasteiger partial charge in [0.15, 0.2) is 5.09 Å². The van der Waals surface area contributed by atoms with Crippen LogP contribution in [-0.2, 0) is 19.7 Å². The molecule has 10 heavy (non-hydrogen) atoms. The molecule has 0 saturated carbocycles. The van der Waals surface area contributed by atoms with E-state index in [4.69, 9.17) is 15.6 Å². The quantitative estimate of drug-likeness (QED) is 0.631. The number of thiol groups is 1. The summed E-state index contributed by atoms with van der Waals surface area (Å²) in [5.41, 5.74) is 0. The topological polar surface area (TPSA) is 13.1 Å². The normalized spacial score (nSPS) is 13.3. The van der Waals surface area contributed by atoms with Crippen molar-refractivity contribution in [2.45, 2.75) is 5.09 Å². The molecule has 0 aromatic carbocycles. The third-order valence-electron chi connectivity index (χ3n) is 0.752. The molecular weight excluding hydrogens is 224 g/mol. The molecule has 0 spiro atoms. The highest BCUT2D eigenvalue weighted by molar-refractivity contribution is 9.24. The summed E-state index contributed by atoms with van der Waals surface area (Å²) in [6.07, 6.45) is 1.63. The molecule has 1 unspecified atom stereocenters. The van der Waals surface area contributed by atoms with E-state index in [-0.39, 0.29) is 8.49 Å². The van der Waals surface area contributed by atoms with Crippen molar-refractivity contribution >= 4 is 51.0 Å². The fourth-order valence-electron chi connectivity index (χ4n) is 0.419. The molecule has 0 saturated heterocycles. The van der Waals surface area contributed by atoms with Gasteiger partial charge in [0, 0.05) is 8.49 Å². The summed E-state index contributed by atoms with van der Waals surface area (Å²) in [4.78, 5) is 0. The van der Waals surface area contributed by atoms with Crippen molar-refractivity contribution < 1.29 is 4.42 Å². The Kier molecular flexibility index (Phi) is 4.24. The lowest BCUT2D eigenvalue weighted by Gasteiger charge is -1.93. The lowest BCUT2D eigenvalue weighted by Crippen LogP contribution is -1.73. The van der Waals surface area contributed by atoms with E-state index in [1.807, 2.05) is 12.1 Å². The van der Waals surface area contributed by atoms with Gasteiger partial charge < -0.3 is 4.42 Å². The van der Waals surface area contributed by atoms with Crippen molar-refractivity contribution in [2.24, 2.45) is 0 Å². The van der Waals surface area contributed by atoms with Gasteiger partial charge in [0.1, 0.15) is 0 Å². The second-order valence-corrected chi connectivity index (χ2v) is 8.52. The van der Waals surface area contributed by atoms with E-state index in [0.717, 1.165) is 5.09 Å². The maximum atomic E-state index is 5.09. The minimum absolute atomic E-state index is 0.282. The molecule has 0 N–H and O–H groups in total. The highest BCUT2D eigenvalue weighted by atomic mass is 33.7. The smallest absolute Gasteiger partial charge is 0.174 e. The van der Waals surface area contributed by atoms with E-state index in [9.17, 15) is 0 Å². The predicted octanol–water partition coefficient (Wildman–Crippen LogP) is 2.86. The Morgan fingerprint density at radius 1 is 1.70 bits per heavy atom. The molecule has 1 heterocycles. The second-order valence-electron chi connectivity index (χ2n) is 1.31. The number of hydrogen-bond donors (Lipinski definition) is 1. The van der Waals surface area contributed by atoms with Crippen LogP contribution in [0.25, 0.3) is 0 Å². The Morgan fingerprint density at radius 3 is 3.00 bits per heavy atom. The lowest BCUT2D eigenvalue weighted by molar-refractivity contribution is 0.475. The highest BCUT2D eigenvalue weighted by Gasteiger charge is 2.00. The Bertz CT molecular complexity index is 205. The van der Waals surface area contributed by atoms with Gasteiger partial charge in [0.2, 0.25) is 0 Å². The van der Waals surface area contributed by atoms with Crippen molar-refractivity contribution in [1.29, 1.82) is 0 Å². The number of rotatable bonds is 3. The summed E-state index contributed by atoms with van der Waals surface area (Å²) in [7, 11) is 2.60. The van der Waals surface area contributed by atoms with Crippen LogP contribution in [0.4, 0.5) is 0 Å². The maximum Gasteiger partial charge on any atom is 0.174 e. The summed E-state index contributed by atoms with van der Waals surface area (Å²) in [6.45, 7) is 0. The van der Waals surface area contributed by atoms with Crippen LogP contribution in [0.5, 0.6) is 0 Å². The van der Waals surface area contributed by atoms with Crippen molar-refractivity contribution in [1.82, 2.24) is 0 Å². The predicted molar refractivity (Wildman–Crippen MR) is 55.9 cm³/mol. The largest absolute Gasteiger partial charge is 0.457 e. The van der Waals surface area contributed by atoms with Crippen LogP contribution >= 0.6 is 31.3 Å². The third kappa shape index (κ3) is 2.50. The van der Waals surface area contributed by atoms with Crippen LogP contribution in [0.2, 0.25) is 0 Å². The molecule has 0 radical (unpaired) electrons. The van der Waals surface area contributed by atoms with Crippen molar-refractivity contribution in [3.63, 3.8) is 0 Å². The second kappa shape index (κ2) is 4.71. The zero-order valence-electron chi connectivity index (χ0n) is 4.72. The van der Waals surface area contributed by atoms with Gasteiger partial charge in [-0.3, -0.25) is 0 Å². The van der Waals surface area contributed by atoms with Gasteiger partial charge in [-0.25, -0.2) is 0 Å². The molecule has 56 valence electrons. The first-order valence-electron chi connectivity index (χ1n) is 2.28. The zero-order chi connectivity index (χ0) is 7.40. The van der Waals surface area contributed by atoms with E-state index in [1.165, 1.54) is 19.7 Å². The zero-order valence-corrected chi connectivity index (χ0v) is 8.88. The van der Waals surface area contributed by atoms with Gasteiger partial charge in [0.25, 0.3) is 0 Å². The van der Waals surface area contributed by atoms with Crippen LogP contribution in [-0.4, -0.2) is 0 Å². The maximum absolute atomic E-state index is 5.09. The van der Waals surface area contributed by atoms with Crippen molar-refractivity contribution in [3.8, 4) is 0 Å². The molecule has 0 aliphatic heterocycles. The minimum Gasteiger partial charge on any atom is -0.457 e. The molecule has 1 atom stereocenters. The molecule has 1 aromatic rings. The summed E-state index contributed by atoms with van der Waals surface area (Å²) in [6, 6.07) is 3.72. The van der Waals surface area contributed by atoms with Gasteiger partial charge in [0.05, 0.1) is 6.26 Å². The molecule has 0 amide bonds. The third-order valence-corrected chi connectivity index (χ3v) is 7.84. The molecule has 1 rings (SSSR count). The average Bonchev–Trinajstić information content (AvgIpc) is 2.38. The Balaban J connectivity index is 2.59. The summed E-state index contributed by atoms with van der Waals surface area (Å²) >= 11 is 9.05. The van der Waals surface area contributed by atoms with E-state index in [0.29, 0.717) is 0 Å². The Labute approximate surface area is 78.5 Å². The average molecular weight is 228 g/mol. The first-order valence-corrected chi connectivity index (χ1v) is 8.15. The SMILES string of the molecule is S=S(SSS)c1ccco1. The molecule has 0 fully saturated rings. The monoisotopic (exact) mass is 228 g/mol. The molecule has 0 bridgehead atoms. The fourth-order valence-corrected chi connectivity index (χ4v) is 6.41. The first kappa shape index (κ1) is 8.99. The number of hydrogen-bond acceptors (Lipinski definition) is 5. The van der Waals surface area contributed by atoms with E-state index < -0.39 is 0 Å². The Hall–Kier alpha value is 0.900. The highest BCUT2D eigenvalue weighted by Crippen LogP contribution is 2.32. The Morgan fingerprint density at radius 2 is 2.50 bits per heavy atom. The van der Waals surface area contributed by atoms with Crippen LogP contribution in [0, 0.1) is 0 Å². The molecule has 6 heteroatoms. The van der Waals surface area contributed by atoms with Crippen molar-refractivity contribution in [3.05, 3.63) is 18.4 Å². The number of furan rings is 1. The van der Waals surface area contributed by atoms with E-state index in [1.54, 1.807) is 6.26 Å². The van der Waals surface area contributed by atoms with Crippen LogP contribution < -0.4 is 0 Å². The first-order chi connectivity index (χ1) is 4.84. The molecule has 1 nitrogen and oxygen atoms in total. The standard InChI is InChI=1S/C4H4OS5/c6-8-9-10(7)4-2-1-3-5-4/h1-3,6H. The van der Waals surface area contributed by atoms with Gasteiger partial charge >= 0.3 is 0 Å². The van der Waals surface area contributed by atoms with E-state index >= 15 is 0 Å². The summed E-state index contributed by atoms with van der Waals surface area (Å²) in [5, 5.41) is 0.849. The summed E-state index contributed by atoms with van der Waals surface area (Å²) < 4.78 is 5.09. The van der Waals surface area contributed by atoms with Gasteiger partial charge in [-0.05, 0) is 43.0 Å². The van der Waals surface area contributed by atoms with Crippen LogP contribution in [0.15, 0.2) is 27.9 Å². The van der Waals surface area contributed by atoms with Crippen LogP contribution in [0.1, 0.15) is 0 Å². The molecule has 1 aromatic heterocycles. The molecule has 0 aliphatic rings. The fraction of sp³-hybridized carbons (Fsp3) is 0.